The van der Waals surface area contributed by atoms with E-state index in [1.54, 1.807) is 12.1 Å². The van der Waals surface area contributed by atoms with E-state index in [0.717, 1.165) is 32.2 Å². The fraction of sp³-hybridized carbons (Fsp3) is 0.409. The van der Waals surface area contributed by atoms with Gasteiger partial charge >= 0.3 is 0 Å². The molecule has 2 aromatic carbocycles. The van der Waals surface area contributed by atoms with E-state index in [1.165, 1.54) is 24.3 Å². The predicted octanol–water partition coefficient (Wildman–Crippen LogP) is 2.63. The average molecular weight is 432 g/mol. The number of rotatable bonds is 8. The Morgan fingerprint density at radius 3 is 2.60 bits per heavy atom. The van der Waals surface area contributed by atoms with E-state index in [4.69, 9.17) is 4.74 Å². The number of amides is 1. The number of sulfonamides is 1. The number of carbonyl (C=O) groups is 1. The van der Waals surface area contributed by atoms with Gasteiger partial charge in [-0.25, -0.2) is 8.42 Å². The van der Waals surface area contributed by atoms with Gasteiger partial charge < -0.3 is 10.1 Å². The SMILES string of the molecule is CCCN1Cc2ccccc2C[C@H]1CNC(=O)c1cc(NS(C)(=O)=O)ccc1OC. The molecular formula is C22H29N3O4S. The number of nitrogens with zero attached hydrogens (tertiary/aromatic N) is 1. The maximum atomic E-state index is 12.9. The van der Waals surface area contributed by atoms with Gasteiger partial charge in [0, 0.05) is 24.8 Å². The van der Waals surface area contributed by atoms with E-state index in [-0.39, 0.29) is 11.9 Å². The molecule has 1 amide bonds. The molecule has 3 rings (SSSR count). The van der Waals surface area contributed by atoms with Crippen molar-refractivity contribution in [2.24, 2.45) is 0 Å². The number of anilines is 1. The smallest absolute Gasteiger partial charge is 0.255 e. The van der Waals surface area contributed by atoms with Gasteiger partial charge in [0.2, 0.25) is 10.0 Å². The highest BCUT2D eigenvalue weighted by Crippen LogP contribution is 2.25. The van der Waals surface area contributed by atoms with Gasteiger partial charge in [-0.1, -0.05) is 31.2 Å². The Morgan fingerprint density at radius 1 is 1.20 bits per heavy atom. The lowest BCUT2D eigenvalue weighted by Gasteiger charge is -2.37. The van der Waals surface area contributed by atoms with Crippen molar-refractivity contribution in [3.05, 3.63) is 59.2 Å². The lowest BCUT2D eigenvalue weighted by Crippen LogP contribution is -2.47. The van der Waals surface area contributed by atoms with Crippen LogP contribution < -0.4 is 14.8 Å². The van der Waals surface area contributed by atoms with Crippen LogP contribution in [-0.2, 0) is 23.0 Å². The van der Waals surface area contributed by atoms with Crippen molar-refractivity contribution >= 4 is 21.6 Å². The number of methoxy groups -OCH3 is 1. The Labute approximate surface area is 178 Å². The minimum atomic E-state index is -3.44. The molecule has 7 nitrogen and oxygen atoms in total. The molecule has 0 unspecified atom stereocenters. The van der Waals surface area contributed by atoms with E-state index < -0.39 is 10.0 Å². The number of carbonyl (C=O) groups excluding carboxylic acids is 1. The molecule has 162 valence electrons. The zero-order valence-corrected chi connectivity index (χ0v) is 18.5. The summed E-state index contributed by atoms with van der Waals surface area (Å²) in [5.74, 6) is 0.102. The highest BCUT2D eigenvalue weighted by molar-refractivity contribution is 7.92. The highest BCUT2D eigenvalue weighted by atomic mass is 32.2. The number of fused-ring (bicyclic) bond motifs is 1. The molecule has 1 atom stereocenters. The van der Waals surface area contributed by atoms with Crippen LogP contribution >= 0.6 is 0 Å². The topological polar surface area (TPSA) is 87.7 Å². The molecule has 30 heavy (non-hydrogen) atoms. The molecule has 0 saturated heterocycles. The zero-order chi connectivity index (χ0) is 21.7. The Kier molecular flexibility index (Phi) is 6.99. The minimum absolute atomic E-state index is 0.201. The Morgan fingerprint density at radius 2 is 1.93 bits per heavy atom. The molecule has 1 aliphatic rings. The maximum Gasteiger partial charge on any atom is 0.255 e. The van der Waals surface area contributed by atoms with Crippen LogP contribution in [0.1, 0.15) is 34.8 Å². The van der Waals surface area contributed by atoms with Gasteiger partial charge in [0.1, 0.15) is 5.75 Å². The predicted molar refractivity (Wildman–Crippen MR) is 118 cm³/mol. The van der Waals surface area contributed by atoms with E-state index in [9.17, 15) is 13.2 Å². The van der Waals surface area contributed by atoms with Crippen molar-refractivity contribution < 1.29 is 17.9 Å². The number of hydrogen-bond donors (Lipinski definition) is 2. The van der Waals surface area contributed by atoms with Gasteiger partial charge in [-0.15, -0.1) is 0 Å². The van der Waals surface area contributed by atoms with E-state index in [1.807, 2.05) is 0 Å². The normalized spacial score (nSPS) is 16.6. The van der Waals surface area contributed by atoms with Crippen LogP contribution in [0.4, 0.5) is 5.69 Å². The average Bonchev–Trinajstić information content (AvgIpc) is 2.71. The first-order valence-corrected chi connectivity index (χ1v) is 11.9. The second-order valence-corrected chi connectivity index (χ2v) is 9.34. The Hall–Kier alpha value is -2.58. The van der Waals surface area contributed by atoms with E-state index >= 15 is 0 Å². The van der Waals surface area contributed by atoms with E-state index in [2.05, 4.69) is 46.1 Å². The van der Waals surface area contributed by atoms with Gasteiger partial charge in [-0.05, 0) is 48.7 Å². The molecule has 0 spiro atoms. The van der Waals surface area contributed by atoms with Crippen LogP contribution in [0.3, 0.4) is 0 Å². The van der Waals surface area contributed by atoms with Crippen molar-refractivity contribution in [2.75, 3.05) is 31.2 Å². The van der Waals surface area contributed by atoms with E-state index in [0.29, 0.717) is 23.5 Å². The van der Waals surface area contributed by atoms with Gasteiger partial charge in [-0.2, -0.15) is 0 Å². The number of nitrogens with one attached hydrogen (secondary N) is 2. The summed E-state index contributed by atoms with van der Waals surface area (Å²) in [5, 5.41) is 3.01. The standard InChI is InChI=1S/C22H29N3O4S/c1-4-11-25-15-17-8-6-5-7-16(17)12-19(25)14-23-22(26)20-13-18(24-30(3,27)28)9-10-21(20)29-2/h5-10,13,19,24H,4,11-12,14-15H2,1-3H3,(H,23,26)/t19-/m0/s1. The summed E-state index contributed by atoms with van der Waals surface area (Å²) in [4.78, 5) is 15.3. The Balaban J connectivity index is 1.74. The van der Waals surface area contributed by atoms with Crippen LogP contribution in [0, 0.1) is 0 Å². The zero-order valence-electron chi connectivity index (χ0n) is 17.6. The minimum Gasteiger partial charge on any atom is -0.496 e. The maximum absolute atomic E-state index is 12.9. The van der Waals surface area contributed by atoms with Gasteiger partial charge in [-0.3, -0.25) is 14.4 Å². The van der Waals surface area contributed by atoms with Crippen molar-refractivity contribution in [1.82, 2.24) is 10.2 Å². The molecule has 0 saturated carbocycles. The molecule has 8 heteroatoms. The van der Waals surface area contributed by atoms with Gasteiger partial charge in [0.25, 0.3) is 5.91 Å². The molecule has 2 N–H and O–H groups in total. The van der Waals surface area contributed by atoms with Crippen LogP contribution in [0.5, 0.6) is 5.75 Å². The largest absolute Gasteiger partial charge is 0.496 e. The molecule has 0 aromatic heterocycles. The highest BCUT2D eigenvalue weighted by Gasteiger charge is 2.26. The summed E-state index contributed by atoms with van der Waals surface area (Å²) in [6.07, 6.45) is 2.99. The molecular weight excluding hydrogens is 402 g/mol. The third-order valence-electron chi connectivity index (χ3n) is 5.22. The lowest BCUT2D eigenvalue weighted by molar-refractivity contribution is 0.0922. The van der Waals surface area contributed by atoms with Crippen LogP contribution in [0.25, 0.3) is 0 Å². The number of hydrogen-bond acceptors (Lipinski definition) is 5. The van der Waals surface area contributed by atoms with Crippen molar-refractivity contribution in [3.8, 4) is 5.75 Å². The first-order valence-electron chi connectivity index (χ1n) is 10.1. The first-order chi connectivity index (χ1) is 14.3. The fourth-order valence-corrected chi connectivity index (χ4v) is 4.42. The van der Waals surface area contributed by atoms with Gasteiger partial charge in [0.05, 0.1) is 18.9 Å². The third-order valence-corrected chi connectivity index (χ3v) is 5.83. The summed E-state index contributed by atoms with van der Waals surface area (Å²) < 4.78 is 30.7. The van der Waals surface area contributed by atoms with Crippen molar-refractivity contribution in [2.45, 2.75) is 32.4 Å². The number of ether oxygens (including phenoxy) is 1. The van der Waals surface area contributed by atoms with Crippen molar-refractivity contribution in [3.63, 3.8) is 0 Å². The molecule has 0 aliphatic carbocycles. The quantitative estimate of drug-likeness (QED) is 0.671. The summed E-state index contributed by atoms with van der Waals surface area (Å²) in [6.45, 7) is 4.49. The fourth-order valence-electron chi connectivity index (χ4n) is 3.86. The molecule has 0 fully saturated rings. The number of benzene rings is 2. The summed E-state index contributed by atoms with van der Waals surface area (Å²) in [6, 6.07) is 13.3. The second kappa shape index (κ2) is 9.49. The van der Waals surface area contributed by atoms with Gasteiger partial charge in [0.15, 0.2) is 0 Å². The lowest BCUT2D eigenvalue weighted by atomic mass is 9.93. The Bertz CT molecular complexity index is 1010. The molecule has 0 radical (unpaired) electrons. The summed E-state index contributed by atoms with van der Waals surface area (Å²) in [7, 11) is -1.96. The first kappa shape index (κ1) is 22.1. The third kappa shape index (κ3) is 5.52. The summed E-state index contributed by atoms with van der Waals surface area (Å²) in [5.41, 5.74) is 3.28. The van der Waals surface area contributed by atoms with Crippen LogP contribution in [0.15, 0.2) is 42.5 Å². The van der Waals surface area contributed by atoms with Crippen molar-refractivity contribution in [1.29, 1.82) is 0 Å². The van der Waals surface area contributed by atoms with Crippen LogP contribution in [0.2, 0.25) is 0 Å². The second-order valence-electron chi connectivity index (χ2n) is 7.60. The monoisotopic (exact) mass is 431 g/mol. The molecule has 0 bridgehead atoms. The molecule has 1 aliphatic heterocycles. The van der Waals surface area contributed by atoms with Crippen LogP contribution in [-0.4, -0.2) is 51.7 Å². The molecule has 2 aromatic rings. The summed E-state index contributed by atoms with van der Waals surface area (Å²) >= 11 is 0. The molecule has 1 heterocycles.